The Bertz CT molecular complexity index is 1540. The third-order valence-corrected chi connectivity index (χ3v) is 9.35. The van der Waals surface area contributed by atoms with Crippen molar-refractivity contribution in [3.63, 3.8) is 0 Å². The van der Waals surface area contributed by atoms with Crippen LogP contribution in [0.5, 0.6) is 5.75 Å². The van der Waals surface area contributed by atoms with Crippen molar-refractivity contribution < 1.29 is 9.53 Å². The van der Waals surface area contributed by atoms with Crippen molar-refractivity contribution in [3.8, 4) is 16.2 Å². The maximum Gasteiger partial charge on any atom is 0.249 e. The van der Waals surface area contributed by atoms with E-state index in [0.29, 0.717) is 29.0 Å². The molecule has 2 aromatic carbocycles. The SMILES string of the molecule is Cc1ncc(-c2cc(C3(c4cc(OCC5CCN5C)cc(C(N)=O)c4C)CC3)c3cccnc3c2Cl)s1. The first-order valence-corrected chi connectivity index (χ1v) is 13.8. The minimum Gasteiger partial charge on any atom is -0.492 e. The van der Waals surface area contributed by atoms with Crippen molar-refractivity contribution in [2.45, 2.75) is 44.6 Å². The van der Waals surface area contributed by atoms with Crippen LogP contribution < -0.4 is 10.5 Å². The van der Waals surface area contributed by atoms with Crippen LogP contribution in [-0.4, -0.2) is 47.0 Å². The zero-order chi connectivity index (χ0) is 25.9. The summed E-state index contributed by atoms with van der Waals surface area (Å²) in [7, 11) is 2.11. The predicted octanol–water partition coefficient (Wildman–Crippen LogP) is 5.89. The minimum absolute atomic E-state index is 0.277. The van der Waals surface area contributed by atoms with Crippen LogP contribution in [0, 0.1) is 13.8 Å². The summed E-state index contributed by atoms with van der Waals surface area (Å²) in [5.41, 5.74) is 10.9. The number of pyridine rings is 1. The molecule has 2 aromatic heterocycles. The number of likely N-dealkylation sites (N-methyl/N-ethyl adjacent to an activating group) is 1. The number of hydrogen-bond donors (Lipinski definition) is 1. The van der Waals surface area contributed by atoms with E-state index in [1.807, 2.05) is 26.1 Å². The summed E-state index contributed by atoms with van der Waals surface area (Å²) >= 11 is 8.55. The van der Waals surface area contributed by atoms with Gasteiger partial charge in [-0.05, 0) is 87.7 Å². The highest BCUT2D eigenvalue weighted by molar-refractivity contribution is 7.15. The highest BCUT2D eigenvalue weighted by atomic mass is 35.5. The van der Waals surface area contributed by atoms with Crippen LogP contribution in [0.2, 0.25) is 5.02 Å². The van der Waals surface area contributed by atoms with Crippen molar-refractivity contribution in [2.24, 2.45) is 5.73 Å². The largest absolute Gasteiger partial charge is 0.492 e. The number of nitrogens with two attached hydrogens (primary N) is 1. The van der Waals surface area contributed by atoms with Crippen molar-refractivity contribution in [3.05, 3.63) is 75.0 Å². The van der Waals surface area contributed by atoms with Crippen molar-refractivity contribution in [2.75, 3.05) is 20.2 Å². The van der Waals surface area contributed by atoms with E-state index in [1.54, 1.807) is 23.6 Å². The van der Waals surface area contributed by atoms with Crippen LogP contribution >= 0.6 is 22.9 Å². The highest BCUT2D eigenvalue weighted by Crippen LogP contribution is 2.58. The molecular weight excluding hydrogens is 504 g/mol. The summed E-state index contributed by atoms with van der Waals surface area (Å²) in [6.45, 7) is 5.66. The van der Waals surface area contributed by atoms with Gasteiger partial charge in [-0.2, -0.15) is 0 Å². The molecule has 1 aliphatic carbocycles. The first-order valence-electron chi connectivity index (χ1n) is 12.6. The first-order chi connectivity index (χ1) is 17.8. The number of primary amides is 1. The second-order valence-corrected chi connectivity index (χ2v) is 11.9. The standard InChI is InChI=1S/C29H29ClN4O2S/c1-16-21(28(31)35)11-19(36-15-18-6-10-34(18)3)12-23(16)29(7-8-29)24-13-22(25-14-33-17(2)37-25)26(30)27-20(24)5-4-9-32-27/h4-5,9,11-14,18H,6-8,10,15H2,1-3H3,(H2,31,35). The molecule has 0 radical (unpaired) electrons. The predicted molar refractivity (Wildman–Crippen MR) is 149 cm³/mol. The molecule has 8 heteroatoms. The molecule has 6 rings (SSSR count). The molecule has 4 aromatic rings. The van der Waals surface area contributed by atoms with E-state index < -0.39 is 5.91 Å². The highest BCUT2D eigenvalue weighted by Gasteiger charge is 2.49. The molecule has 1 saturated carbocycles. The molecule has 190 valence electrons. The number of carbonyl (C=O) groups excluding carboxylic acids is 1. The van der Waals surface area contributed by atoms with Gasteiger partial charge in [-0.3, -0.25) is 14.7 Å². The lowest BCUT2D eigenvalue weighted by Crippen LogP contribution is -2.48. The molecule has 6 nitrogen and oxygen atoms in total. The number of fused-ring (bicyclic) bond motifs is 1. The molecule has 1 aliphatic heterocycles. The van der Waals surface area contributed by atoms with Crippen molar-refractivity contribution >= 4 is 39.7 Å². The van der Waals surface area contributed by atoms with E-state index in [1.165, 1.54) is 0 Å². The number of likely N-dealkylation sites (tertiary alicyclic amines) is 1. The Labute approximate surface area is 225 Å². The zero-order valence-electron chi connectivity index (χ0n) is 21.2. The molecule has 0 spiro atoms. The number of hydrogen-bond acceptors (Lipinski definition) is 6. The van der Waals surface area contributed by atoms with Gasteiger partial charge in [0, 0.05) is 40.4 Å². The maximum atomic E-state index is 12.5. The monoisotopic (exact) mass is 532 g/mol. The number of amides is 1. The van der Waals surface area contributed by atoms with Gasteiger partial charge >= 0.3 is 0 Å². The van der Waals surface area contributed by atoms with Gasteiger partial charge < -0.3 is 10.5 Å². The maximum absolute atomic E-state index is 12.5. The van der Waals surface area contributed by atoms with E-state index in [2.05, 4.69) is 40.1 Å². The average Bonchev–Trinajstić information content (AvgIpc) is 3.57. The number of thiazole rings is 1. The number of nitrogens with zero attached hydrogens (tertiary/aromatic N) is 3. The Morgan fingerprint density at radius 3 is 2.68 bits per heavy atom. The Balaban J connectivity index is 1.52. The number of carbonyl (C=O) groups is 1. The van der Waals surface area contributed by atoms with Crippen LogP contribution in [0.1, 0.15) is 51.3 Å². The lowest BCUT2D eigenvalue weighted by molar-refractivity contribution is 0.0767. The molecule has 1 atom stereocenters. The van der Waals surface area contributed by atoms with Gasteiger partial charge in [0.15, 0.2) is 0 Å². The number of ether oxygens (including phenoxy) is 1. The summed E-state index contributed by atoms with van der Waals surface area (Å²) in [6.07, 6.45) is 6.68. The molecule has 3 heterocycles. The summed E-state index contributed by atoms with van der Waals surface area (Å²) in [4.78, 5) is 24.9. The summed E-state index contributed by atoms with van der Waals surface area (Å²) < 4.78 is 6.24. The topological polar surface area (TPSA) is 81.3 Å². The van der Waals surface area contributed by atoms with Crippen LogP contribution in [-0.2, 0) is 5.41 Å². The van der Waals surface area contributed by atoms with Crippen molar-refractivity contribution in [1.29, 1.82) is 0 Å². The third kappa shape index (κ3) is 4.10. The molecule has 2 aliphatic rings. The third-order valence-electron chi connectivity index (χ3n) is 8.03. The van der Waals surface area contributed by atoms with Crippen LogP contribution in [0.3, 0.4) is 0 Å². The van der Waals surface area contributed by atoms with Gasteiger partial charge in [0.05, 0.1) is 20.4 Å². The van der Waals surface area contributed by atoms with Crippen LogP contribution in [0.15, 0.2) is 42.7 Å². The molecule has 0 bridgehead atoms. The van der Waals surface area contributed by atoms with Crippen LogP contribution in [0.4, 0.5) is 0 Å². The van der Waals surface area contributed by atoms with Gasteiger partial charge in [0.1, 0.15) is 12.4 Å². The normalized spacial score (nSPS) is 18.5. The lowest BCUT2D eigenvalue weighted by atomic mass is 9.81. The van der Waals surface area contributed by atoms with Gasteiger partial charge in [-0.25, -0.2) is 4.98 Å². The molecule has 1 unspecified atom stereocenters. The Kier molecular flexibility index (Phi) is 5.97. The fourth-order valence-corrected chi connectivity index (χ4v) is 6.74. The van der Waals surface area contributed by atoms with Crippen LogP contribution in [0.25, 0.3) is 21.3 Å². The fourth-order valence-electron chi connectivity index (χ4n) is 5.58. The van der Waals surface area contributed by atoms with Gasteiger partial charge in [0.25, 0.3) is 0 Å². The zero-order valence-corrected chi connectivity index (χ0v) is 22.7. The van der Waals surface area contributed by atoms with E-state index in [0.717, 1.165) is 68.8 Å². The number of rotatable bonds is 7. The first kappa shape index (κ1) is 24.3. The lowest BCUT2D eigenvalue weighted by Gasteiger charge is -2.37. The average molecular weight is 533 g/mol. The number of halogens is 1. The minimum atomic E-state index is -0.441. The Morgan fingerprint density at radius 2 is 2.05 bits per heavy atom. The summed E-state index contributed by atoms with van der Waals surface area (Å²) in [6, 6.07) is 10.5. The summed E-state index contributed by atoms with van der Waals surface area (Å²) in [5, 5.41) is 2.64. The van der Waals surface area contributed by atoms with Crippen molar-refractivity contribution in [1.82, 2.24) is 14.9 Å². The second-order valence-electron chi connectivity index (χ2n) is 10.3. The van der Waals surface area contributed by atoms with Gasteiger partial charge in [0.2, 0.25) is 5.91 Å². The fraction of sp³-hybridized carbons (Fsp3) is 0.345. The smallest absolute Gasteiger partial charge is 0.249 e. The molecule has 2 fully saturated rings. The van der Waals surface area contributed by atoms with E-state index in [4.69, 9.17) is 22.1 Å². The molecule has 37 heavy (non-hydrogen) atoms. The van der Waals surface area contributed by atoms with Gasteiger partial charge in [-0.1, -0.05) is 17.7 Å². The number of benzene rings is 2. The Morgan fingerprint density at radius 1 is 1.24 bits per heavy atom. The number of aromatic nitrogens is 2. The number of aryl methyl sites for hydroxylation is 1. The molecule has 1 amide bonds. The second kappa shape index (κ2) is 9.08. The molecular formula is C29H29ClN4O2S. The summed E-state index contributed by atoms with van der Waals surface area (Å²) in [5.74, 6) is 0.250. The molecule has 1 saturated heterocycles. The van der Waals surface area contributed by atoms with E-state index in [-0.39, 0.29) is 5.41 Å². The quantitative estimate of drug-likeness (QED) is 0.321. The van der Waals surface area contributed by atoms with E-state index >= 15 is 0 Å². The molecule has 2 N–H and O–H groups in total. The van der Waals surface area contributed by atoms with Gasteiger partial charge in [-0.15, -0.1) is 11.3 Å². The Hall–Kier alpha value is -3.00. The van der Waals surface area contributed by atoms with E-state index in [9.17, 15) is 4.79 Å².